The van der Waals surface area contributed by atoms with E-state index in [2.05, 4.69) is 20.3 Å². The Morgan fingerprint density at radius 3 is 2.62 bits per heavy atom. The Morgan fingerprint density at radius 1 is 1.10 bits per heavy atom. The van der Waals surface area contributed by atoms with Crippen LogP contribution in [0.2, 0.25) is 5.15 Å². The Balaban J connectivity index is 1.67. The average Bonchev–Trinajstić information content (AvgIpc) is 2.96. The molecule has 3 aromatic rings. The molecular formula is C14H11ClN4OS. The average molecular weight is 319 g/mol. The van der Waals surface area contributed by atoms with E-state index in [0.717, 1.165) is 10.6 Å². The first-order valence-electron chi connectivity index (χ1n) is 6.22. The number of halogens is 1. The van der Waals surface area contributed by atoms with Crippen LogP contribution in [0.5, 0.6) is 0 Å². The van der Waals surface area contributed by atoms with E-state index in [1.165, 1.54) is 17.3 Å². The highest BCUT2D eigenvalue weighted by atomic mass is 35.5. The number of hydrogen-bond acceptors (Lipinski definition) is 6. The molecule has 2 heterocycles. The summed E-state index contributed by atoms with van der Waals surface area (Å²) >= 11 is 7.15. The fraction of sp³-hybridized carbons (Fsp3) is 0.143. The van der Waals surface area contributed by atoms with Gasteiger partial charge in [0.05, 0.1) is 5.75 Å². The lowest BCUT2D eigenvalue weighted by molar-refractivity contribution is 0.391. The highest BCUT2D eigenvalue weighted by Crippen LogP contribution is 2.22. The Labute approximate surface area is 130 Å². The summed E-state index contributed by atoms with van der Waals surface area (Å²) in [5.74, 6) is 1.68. The SMILES string of the molecule is Cc1ccc(-c2noc(CSc3ccc(Cl)nn3)n2)cc1. The molecule has 0 fully saturated rings. The normalized spacial score (nSPS) is 10.8. The molecular weight excluding hydrogens is 308 g/mol. The van der Waals surface area contributed by atoms with Gasteiger partial charge in [0.1, 0.15) is 5.03 Å². The third kappa shape index (κ3) is 3.59. The van der Waals surface area contributed by atoms with E-state index in [9.17, 15) is 0 Å². The van der Waals surface area contributed by atoms with Crippen molar-refractivity contribution in [3.63, 3.8) is 0 Å². The zero-order valence-corrected chi connectivity index (χ0v) is 12.7. The molecule has 1 aromatic carbocycles. The fourth-order valence-electron chi connectivity index (χ4n) is 1.65. The van der Waals surface area contributed by atoms with E-state index in [-0.39, 0.29) is 0 Å². The number of aryl methyl sites for hydroxylation is 1. The first kappa shape index (κ1) is 14.0. The second-order valence-electron chi connectivity index (χ2n) is 4.36. The predicted molar refractivity (Wildman–Crippen MR) is 81.1 cm³/mol. The van der Waals surface area contributed by atoms with Crippen molar-refractivity contribution in [2.24, 2.45) is 0 Å². The third-order valence-electron chi connectivity index (χ3n) is 2.73. The molecule has 0 radical (unpaired) electrons. The van der Waals surface area contributed by atoms with Gasteiger partial charge in [-0.15, -0.1) is 10.2 Å². The lowest BCUT2D eigenvalue weighted by Crippen LogP contribution is -1.87. The zero-order chi connectivity index (χ0) is 14.7. The Hall–Kier alpha value is -1.92. The van der Waals surface area contributed by atoms with Crippen molar-refractivity contribution in [3.05, 3.63) is 53.0 Å². The second-order valence-corrected chi connectivity index (χ2v) is 5.74. The van der Waals surface area contributed by atoms with Crippen LogP contribution in [0.4, 0.5) is 0 Å². The molecule has 0 spiro atoms. The van der Waals surface area contributed by atoms with Gasteiger partial charge in [-0.2, -0.15) is 4.98 Å². The molecule has 0 amide bonds. The van der Waals surface area contributed by atoms with Gasteiger partial charge in [-0.3, -0.25) is 0 Å². The van der Waals surface area contributed by atoms with Crippen LogP contribution < -0.4 is 0 Å². The first-order chi connectivity index (χ1) is 10.2. The summed E-state index contributed by atoms with van der Waals surface area (Å²) in [6.45, 7) is 2.04. The quantitative estimate of drug-likeness (QED) is 0.682. The molecule has 0 aliphatic heterocycles. The fourth-order valence-corrected chi connectivity index (χ4v) is 2.40. The first-order valence-corrected chi connectivity index (χ1v) is 7.59. The summed E-state index contributed by atoms with van der Waals surface area (Å²) in [6, 6.07) is 11.5. The van der Waals surface area contributed by atoms with Gasteiger partial charge in [0.25, 0.3) is 0 Å². The molecule has 0 N–H and O–H groups in total. The minimum atomic E-state index is 0.374. The van der Waals surface area contributed by atoms with E-state index in [1.54, 1.807) is 12.1 Å². The van der Waals surface area contributed by atoms with Gasteiger partial charge in [-0.25, -0.2) is 0 Å². The van der Waals surface area contributed by atoms with Crippen molar-refractivity contribution in [2.75, 3.05) is 0 Å². The van der Waals surface area contributed by atoms with Crippen LogP contribution in [0, 0.1) is 6.92 Å². The van der Waals surface area contributed by atoms with E-state index >= 15 is 0 Å². The van der Waals surface area contributed by atoms with Crippen molar-refractivity contribution in [2.45, 2.75) is 17.7 Å². The molecule has 0 aliphatic carbocycles. The van der Waals surface area contributed by atoms with Crippen LogP contribution in [0.3, 0.4) is 0 Å². The van der Waals surface area contributed by atoms with Crippen LogP contribution in [0.1, 0.15) is 11.5 Å². The topological polar surface area (TPSA) is 64.7 Å². The third-order valence-corrected chi connectivity index (χ3v) is 3.84. The van der Waals surface area contributed by atoms with Crippen LogP contribution in [-0.4, -0.2) is 20.3 Å². The number of thioether (sulfide) groups is 1. The van der Waals surface area contributed by atoms with Gasteiger partial charge in [-0.05, 0) is 19.1 Å². The van der Waals surface area contributed by atoms with E-state index < -0.39 is 0 Å². The summed E-state index contributed by atoms with van der Waals surface area (Å²) in [5.41, 5.74) is 2.13. The van der Waals surface area contributed by atoms with Gasteiger partial charge in [0.15, 0.2) is 5.15 Å². The molecule has 0 unspecified atom stereocenters. The lowest BCUT2D eigenvalue weighted by Gasteiger charge is -1.96. The summed E-state index contributed by atoms with van der Waals surface area (Å²) in [4.78, 5) is 4.37. The van der Waals surface area contributed by atoms with Gasteiger partial charge < -0.3 is 4.52 Å². The number of nitrogens with zero attached hydrogens (tertiary/aromatic N) is 4. The van der Waals surface area contributed by atoms with E-state index in [0.29, 0.717) is 22.6 Å². The highest BCUT2D eigenvalue weighted by molar-refractivity contribution is 7.98. The smallest absolute Gasteiger partial charge is 0.237 e. The summed E-state index contributed by atoms with van der Waals surface area (Å²) in [6.07, 6.45) is 0. The Morgan fingerprint density at radius 2 is 1.90 bits per heavy atom. The van der Waals surface area contributed by atoms with Gasteiger partial charge in [0, 0.05) is 5.56 Å². The maximum absolute atomic E-state index is 5.69. The number of benzene rings is 1. The molecule has 7 heteroatoms. The largest absolute Gasteiger partial charge is 0.338 e. The van der Waals surface area contributed by atoms with Crippen molar-refractivity contribution in [3.8, 4) is 11.4 Å². The second kappa shape index (κ2) is 6.24. The van der Waals surface area contributed by atoms with Crippen LogP contribution in [0.25, 0.3) is 11.4 Å². The molecule has 106 valence electrons. The van der Waals surface area contributed by atoms with E-state index in [1.807, 2.05) is 31.2 Å². The Bertz CT molecular complexity index is 727. The number of aromatic nitrogens is 4. The van der Waals surface area contributed by atoms with Crippen molar-refractivity contribution in [1.29, 1.82) is 0 Å². The van der Waals surface area contributed by atoms with Crippen molar-refractivity contribution in [1.82, 2.24) is 20.3 Å². The molecule has 2 aromatic heterocycles. The Kier molecular flexibility index (Phi) is 4.17. The maximum atomic E-state index is 5.69. The van der Waals surface area contributed by atoms with Gasteiger partial charge in [0.2, 0.25) is 11.7 Å². The zero-order valence-electron chi connectivity index (χ0n) is 11.2. The van der Waals surface area contributed by atoms with Crippen molar-refractivity contribution >= 4 is 23.4 Å². The molecule has 0 bridgehead atoms. The molecule has 3 rings (SSSR count). The minimum absolute atomic E-state index is 0.374. The van der Waals surface area contributed by atoms with Crippen LogP contribution in [0.15, 0.2) is 45.9 Å². The maximum Gasteiger partial charge on any atom is 0.237 e. The van der Waals surface area contributed by atoms with Crippen LogP contribution >= 0.6 is 23.4 Å². The van der Waals surface area contributed by atoms with Gasteiger partial charge in [-0.1, -0.05) is 58.3 Å². The summed E-state index contributed by atoms with van der Waals surface area (Å²) in [7, 11) is 0. The molecule has 5 nitrogen and oxygen atoms in total. The molecule has 21 heavy (non-hydrogen) atoms. The minimum Gasteiger partial charge on any atom is -0.338 e. The van der Waals surface area contributed by atoms with Crippen molar-refractivity contribution < 1.29 is 4.52 Å². The van der Waals surface area contributed by atoms with E-state index in [4.69, 9.17) is 16.1 Å². The predicted octanol–water partition coefficient (Wildman–Crippen LogP) is 3.78. The summed E-state index contributed by atoms with van der Waals surface area (Å²) < 4.78 is 5.24. The molecule has 0 saturated carbocycles. The molecule has 0 saturated heterocycles. The lowest BCUT2D eigenvalue weighted by atomic mass is 10.1. The van der Waals surface area contributed by atoms with Gasteiger partial charge >= 0.3 is 0 Å². The molecule has 0 aliphatic rings. The highest BCUT2D eigenvalue weighted by Gasteiger charge is 2.09. The number of rotatable bonds is 4. The monoisotopic (exact) mass is 318 g/mol. The van der Waals surface area contributed by atoms with Crippen LogP contribution in [-0.2, 0) is 5.75 Å². The summed E-state index contributed by atoms with van der Waals surface area (Å²) in [5, 5.41) is 12.9. The molecule has 0 atom stereocenters. The standard InChI is InChI=1S/C14H11ClN4OS/c1-9-2-4-10(5-3-9)14-16-12(20-19-14)8-21-13-7-6-11(15)17-18-13/h2-7H,8H2,1H3. The number of hydrogen-bond donors (Lipinski definition) is 0.